The average molecular weight is 523 g/mol. The fraction of sp³-hybridized carbons (Fsp3) is 0.100. The van der Waals surface area contributed by atoms with Crippen molar-refractivity contribution in [2.24, 2.45) is 0 Å². The smallest absolute Gasteiger partial charge is 0.302 e. The number of esters is 1. The molecule has 0 radical (unpaired) electrons. The van der Waals surface area contributed by atoms with Crippen LogP contribution < -0.4 is 0 Å². The first kappa shape index (κ1) is 25.4. The number of ether oxygens (including phenoxy) is 1. The first-order chi connectivity index (χ1) is 17.0. The summed E-state index contributed by atoms with van der Waals surface area (Å²) in [5, 5.41) is 18.9. The van der Waals surface area contributed by atoms with Gasteiger partial charge in [-0.1, -0.05) is 101 Å². The van der Waals surface area contributed by atoms with E-state index in [-0.39, 0.29) is 12.6 Å². The molecule has 172 valence electrons. The van der Waals surface area contributed by atoms with Gasteiger partial charge in [0.2, 0.25) is 0 Å². The summed E-state index contributed by atoms with van der Waals surface area (Å²) < 4.78 is 4.93. The van der Waals surface area contributed by atoms with Gasteiger partial charge in [0.25, 0.3) is 0 Å². The van der Waals surface area contributed by atoms with Gasteiger partial charge in [-0.05, 0) is 45.5 Å². The van der Waals surface area contributed by atoms with Crippen molar-refractivity contribution >= 4 is 21.9 Å². The molecule has 4 aromatic carbocycles. The monoisotopic (exact) mass is 522 g/mol. The van der Waals surface area contributed by atoms with Gasteiger partial charge in [-0.15, -0.1) is 0 Å². The Labute approximate surface area is 214 Å². The lowest BCUT2D eigenvalue weighted by atomic mass is 9.99. The van der Waals surface area contributed by atoms with E-state index in [4.69, 9.17) is 15.3 Å². The molecule has 0 saturated carbocycles. The van der Waals surface area contributed by atoms with Gasteiger partial charge in [0.05, 0.1) is 23.3 Å². The van der Waals surface area contributed by atoms with Gasteiger partial charge in [-0.25, -0.2) is 0 Å². The van der Waals surface area contributed by atoms with Crippen molar-refractivity contribution in [2.75, 3.05) is 0 Å². The molecule has 0 heterocycles. The number of rotatable bonds is 5. The van der Waals surface area contributed by atoms with E-state index < -0.39 is 0 Å². The van der Waals surface area contributed by atoms with E-state index in [2.05, 4.69) is 40.2 Å². The fourth-order valence-electron chi connectivity index (χ4n) is 3.40. The molecule has 0 aliphatic carbocycles. The number of alkyl halides is 1. The Morgan fingerprint density at radius 1 is 0.714 bits per heavy atom. The number of hydrogen-bond donors (Lipinski definition) is 0. The van der Waals surface area contributed by atoms with E-state index >= 15 is 0 Å². The van der Waals surface area contributed by atoms with Crippen LogP contribution >= 0.6 is 15.9 Å². The zero-order valence-corrected chi connectivity index (χ0v) is 20.8. The molecule has 0 spiro atoms. The van der Waals surface area contributed by atoms with Crippen molar-refractivity contribution < 1.29 is 9.53 Å². The summed E-state index contributed by atoms with van der Waals surface area (Å²) in [5.41, 5.74) is 7.48. The van der Waals surface area contributed by atoms with Crippen LogP contribution in [0.5, 0.6) is 0 Å². The molecule has 4 nitrogen and oxygen atoms in total. The van der Waals surface area contributed by atoms with Crippen molar-refractivity contribution in [3.63, 3.8) is 0 Å². The van der Waals surface area contributed by atoms with Crippen LogP contribution in [0, 0.1) is 22.7 Å². The molecule has 0 aromatic heterocycles. The van der Waals surface area contributed by atoms with E-state index in [9.17, 15) is 4.79 Å². The fourth-order valence-corrected chi connectivity index (χ4v) is 3.78. The molecule has 5 heteroatoms. The second-order valence-electron chi connectivity index (χ2n) is 7.62. The molecular formula is C30H23BrN2O2. The molecule has 0 fully saturated rings. The highest BCUT2D eigenvalue weighted by Crippen LogP contribution is 2.24. The van der Waals surface area contributed by atoms with Crippen molar-refractivity contribution in [3.8, 4) is 34.4 Å². The van der Waals surface area contributed by atoms with Crippen molar-refractivity contribution in [1.29, 1.82) is 10.5 Å². The van der Waals surface area contributed by atoms with Crippen LogP contribution in [0.1, 0.15) is 29.2 Å². The second-order valence-corrected chi connectivity index (χ2v) is 8.18. The number of benzene rings is 4. The van der Waals surface area contributed by atoms with Crippen LogP contribution in [0.3, 0.4) is 0 Å². The highest BCUT2D eigenvalue weighted by molar-refractivity contribution is 9.08. The summed E-state index contributed by atoms with van der Waals surface area (Å²) in [6.07, 6.45) is 0. The number of carbonyl (C=O) groups excluding carboxylic acids is 1. The van der Waals surface area contributed by atoms with Crippen molar-refractivity contribution in [2.45, 2.75) is 18.9 Å². The van der Waals surface area contributed by atoms with Gasteiger partial charge in [0.15, 0.2) is 0 Å². The van der Waals surface area contributed by atoms with Crippen LogP contribution in [0.25, 0.3) is 22.3 Å². The number of hydrogen-bond acceptors (Lipinski definition) is 4. The molecule has 0 amide bonds. The Morgan fingerprint density at radius 3 is 1.54 bits per heavy atom. The van der Waals surface area contributed by atoms with Gasteiger partial charge >= 0.3 is 5.97 Å². The predicted molar refractivity (Wildman–Crippen MR) is 141 cm³/mol. The molecule has 0 bridgehead atoms. The standard InChI is InChI=1S/C16H13NO2.C14H10BrN/c1-12(18)19-11-13-6-8-14(9-7-13)16-5-3-2-4-15(16)10-17;15-9-11-5-7-12(8-6-11)14-4-2-1-3-13(14)10-16/h2-9H,11H2,1H3;1-8H,9H2. The van der Waals surface area contributed by atoms with E-state index in [0.717, 1.165) is 33.1 Å². The SMILES string of the molecule is CC(=O)OCc1ccc(-c2ccccc2C#N)cc1.N#Cc1ccccc1-c1ccc(CBr)cc1. The highest BCUT2D eigenvalue weighted by Gasteiger charge is 2.05. The topological polar surface area (TPSA) is 73.9 Å². The Balaban J connectivity index is 0.000000198. The summed E-state index contributed by atoms with van der Waals surface area (Å²) in [6.45, 7) is 1.66. The zero-order valence-electron chi connectivity index (χ0n) is 19.2. The minimum atomic E-state index is -0.293. The van der Waals surface area contributed by atoms with Crippen molar-refractivity contribution in [3.05, 3.63) is 119 Å². The van der Waals surface area contributed by atoms with Gasteiger partial charge in [0, 0.05) is 12.3 Å². The molecule has 0 atom stereocenters. The molecule has 0 N–H and O–H groups in total. The first-order valence-electron chi connectivity index (χ1n) is 10.9. The number of nitrogens with zero attached hydrogens (tertiary/aromatic N) is 2. The van der Waals surface area contributed by atoms with Crippen LogP contribution in [-0.4, -0.2) is 5.97 Å². The number of carbonyl (C=O) groups is 1. The Bertz CT molecular complexity index is 1370. The third-order valence-electron chi connectivity index (χ3n) is 5.22. The normalized spacial score (nSPS) is 9.71. The maximum absolute atomic E-state index is 10.7. The van der Waals surface area contributed by atoms with Gasteiger partial charge in [-0.2, -0.15) is 10.5 Å². The molecule has 0 unspecified atom stereocenters. The molecular weight excluding hydrogens is 500 g/mol. The summed E-state index contributed by atoms with van der Waals surface area (Å²) in [4.78, 5) is 10.7. The minimum absolute atomic E-state index is 0.273. The third kappa shape index (κ3) is 7.14. The van der Waals surface area contributed by atoms with E-state index in [1.54, 1.807) is 6.07 Å². The molecule has 0 aliphatic heterocycles. The van der Waals surface area contributed by atoms with Crippen LogP contribution in [0.2, 0.25) is 0 Å². The Kier molecular flexibility index (Phi) is 9.37. The highest BCUT2D eigenvalue weighted by atomic mass is 79.9. The lowest BCUT2D eigenvalue weighted by molar-refractivity contribution is -0.142. The summed E-state index contributed by atoms with van der Waals surface area (Å²) in [5.74, 6) is -0.293. The molecule has 0 saturated heterocycles. The quantitative estimate of drug-likeness (QED) is 0.202. The first-order valence-corrected chi connectivity index (χ1v) is 12.0. The Hall–Kier alpha value is -4.19. The van der Waals surface area contributed by atoms with Crippen LogP contribution in [0.4, 0.5) is 0 Å². The molecule has 0 aliphatic rings. The van der Waals surface area contributed by atoms with Crippen LogP contribution in [0.15, 0.2) is 97.1 Å². The van der Waals surface area contributed by atoms with Gasteiger partial charge in [0.1, 0.15) is 6.61 Å². The summed E-state index contributed by atoms with van der Waals surface area (Å²) in [6, 6.07) is 35.4. The molecule has 35 heavy (non-hydrogen) atoms. The molecule has 4 rings (SSSR count). The predicted octanol–water partition coefficient (Wildman–Crippen LogP) is 7.41. The van der Waals surface area contributed by atoms with Crippen molar-refractivity contribution in [1.82, 2.24) is 0 Å². The van der Waals surface area contributed by atoms with Gasteiger partial charge < -0.3 is 4.74 Å². The van der Waals surface area contributed by atoms with Gasteiger partial charge in [-0.3, -0.25) is 4.79 Å². The van der Waals surface area contributed by atoms with Crippen LogP contribution in [-0.2, 0) is 21.5 Å². The lowest BCUT2D eigenvalue weighted by Crippen LogP contribution is -1.98. The largest absolute Gasteiger partial charge is 0.461 e. The Morgan fingerprint density at radius 2 is 1.14 bits per heavy atom. The number of halogens is 1. The minimum Gasteiger partial charge on any atom is -0.461 e. The zero-order chi connectivity index (χ0) is 25.0. The maximum Gasteiger partial charge on any atom is 0.302 e. The van der Waals surface area contributed by atoms with E-state index in [1.807, 2.05) is 78.9 Å². The maximum atomic E-state index is 10.7. The lowest BCUT2D eigenvalue weighted by Gasteiger charge is -2.06. The summed E-state index contributed by atoms with van der Waals surface area (Å²) in [7, 11) is 0. The average Bonchev–Trinajstić information content (AvgIpc) is 2.92. The molecule has 4 aromatic rings. The second kappa shape index (κ2) is 12.9. The summed E-state index contributed by atoms with van der Waals surface area (Å²) >= 11 is 3.41. The third-order valence-corrected chi connectivity index (χ3v) is 5.87. The number of nitriles is 2. The van der Waals surface area contributed by atoms with E-state index in [1.165, 1.54) is 12.5 Å². The van der Waals surface area contributed by atoms with E-state index in [0.29, 0.717) is 11.1 Å².